The minimum atomic E-state index is -4.81. The molecule has 3 aliphatic heterocycles. The third-order valence-corrected chi connectivity index (χ3v) is 12.6. The van der Waals surface area contributed by atoms with E-state index in [1.807, 2.05) is 12.1 Å². The number of halogens is 8. The number of anilines is 1. The van der Waals surface area contributed by atoms with Gasteiger partial charge in [0.1, 0.15) is 11.6 Å². The van der Waals surface area contributed by atoms with Crippen molar-refractivity contribution < 1.29 is 44.7 Å². The van der Waals surface area contributed by atoms with Crippen LogP contribution >= 0.6 is 0 Å². The van der Waals surface area contributed by atoms with E-state index in [1.54, 1.807) is 12.1 Å². The summed E-state index contributed by atoms with van der Waals surface area (Å²) in [7, 11) is 0. The molecule has 2 saturated heterocycles. The smallest absolute Gasteiger partial charge is 0.373 e. The van der Waals surface area contributed by atoms with Crippen LogP contribution in [0.5, 0.6) is 0 Å². The summed E-state index contributed by atoms with van der Waals surface area (Å²) >= 11 is 0. The highest BCUT2D eigenvalue weighted by atomic mass is 19.4. The number of benzene rings is 3. The average molecular weight is 691 g/mol. The number of fused-ring (bicyclic) bond motifs is 4. The lowest BCUT2D eigenvalue weighted by atomic mass is 9.62. The van der Waals surface area contributed by atoms with Gasteiger partial charge in [-0.2, -0.15) is 26.3 Å². The number of ether oxygens (including phenoxy) is 1. The Bertz CT molecular complexity index is 1840. The first-order chi connectivity index (χ1) is 23.1. The molecule has 4 nitrogen and oxygen atoms in total. The van der Waals surface area contributed by atoms with Gasteiger partial charge in [0.15, 0.2) is 0 Å². The number of nitrogens with zero attached hydrogens (tertiary/aromatic N) is 2. The van der Waals surface area contributed by atoms with E-state index in [4.69, 9.17) is 4.74 Å². The zero-order chi connectivity index (χ0) is 34.7. The minimum absolute atomic E-state index is 0.123. The molecule has 3 aromatic carbocycles. The predicted molar refractivity (Wildman–Crippen MR) is 163 cm³/mol. The summed E-state index contributed by atoms with van der Waals surface area (Å²) in [6.45, 7) is 2.84. The Kier molecular flexibility index (Phi) is 7.17. The maximum atomic E-state index is 14.7. The van der Waals surface area contributed by atoms with Gasteiger partial charge in [0, 0.05) is 23.7 Å². The Hall–Kier alpha value is -3.51. The molecule has 49 heavy (non-hydrogen) atoms. The zero-order valence-electron chi connectivity index (χ0n) is 26.6. The molecule has 1 amide bonds. The molecule has 0 unspecified atom stereocenters. The summed E-state index contributed by atoms with van der Waals surface area (Å²) < 4.78 is 117. The van der Waals surface area contributed by atoms with E-state index < -0.39 is 40.5 Å². The molecule has 5 aliphatic rings. The monoisotopic (exact) mass is 690 g/mol. The molecule has 3 heterocycles. The first-order valence-electron chi connectivity index (χ1n) is 16.6. The maximum Gasteiger partial charge on any atom is 0.416 e. The number of rotatable bonds is 5. The molecule has 8 rings (SSSR count). The van der Waals surface area contributed by atoms with Gasteiger partial charge >= 0.3 is 12.4 Å². The highest BCUT2D eigenvalue weighted by molar-refractivity contribution is 6.09. The Morgan fingerprint density at radius 3 is 2.22 bits per heavy atom. The standard InChI is InChI=1S/C37H34F8N2O2/c1-33-20-34(33)16-30-35(26-4-2-3-5-29(26)47(32(35)48)17-21-6-9-24(38)14-27(21)36(40,41)42)12-13-46(30)18-23(34)8-11-31(33)49-19-22-7-10-25(39)15-28(22)37(43,44)45/h2-7,9-10,14-15,23,30-31H,8,11-13,16-20H2,1H3/t23-,30-,31-,33-,34+,35-/m0/s1. The molecule has 260 valence electrons. The number of hydrogen-bond acceptors (Lipinski definition) is 3. The van der Waals surface area contributed by atoms with Crippen molar-refractivity contribution in [3.8, 4) is 0 Å². The lowest BCUT2D eigenvalue weighted by Gasteiger charge is -2.50. The SMILES string of the molecule is C[C@@]12C[C@@]13C[C@@H]1N(CC[C@@]14C(=O)N(Cc1ccc(F)cc1C(F)(F)F)c1ccccc14)C[C@@H]3CC[C@@H]2OCc1ccc(F)cc1C(F)(F)F. The van der Waals surface area contributed by atoms with Crippen molar-refractivity contribution in [2.24, 2.45) is 16.7 Å². The van der Waals surface area contributed by atoms with E-state index in [0.717, 1.165) is 49.2 Å². The van der Waals surface area contributed by atoms with Crippen LogP contribution in [0.3, 0.4) is 0 Å². The van der Waals surface area contributed by atoms with Gasteiger partial charge in [-0.25, -0.2) is 8.78 Å². The quantitative estimate of drug-likeness (QED) is 0.252. The first-order valence-corrected chi connectivity index (χ1v) is 16.6. The van der Waals surface area contributed by atoms with Gasteiger partial charge in [-0.15, -0.1) is 0 Å². The molecule has 12 heteroatoms. The van der Waals surface area contributed by atoms with Crippen LogP contribution in [0, 0.1) is 28.4 Å². The number of amides is 1. The molecule has 4 fully saturated rings. The Morgan fingerprint density at radius 2 is 1.53 bits per heavy atom. The van der Waals surface area contributed by atoms with Crippen molar-refractivity contribution in [2.45, 2.75) is 82.1 Å². The summed E-state index contributed by atoms with van der Waals surface area (Å²) in [4.78, 5) is 18.5. The van der Waals surface area contributed by atoms with Crippen LogP contribution in [0.15, 0.2) is 60.7 Å². The lowest BCUT2D eigenvalue weighted by Crippen LogP contribution is -2.57. The number of para-hydroxylation sites is 1. The van der Waals surface area contributed by atoms with Gasteiger partial charge in [-0.3, -0.25) is 9.69 Å². The van der Waals surface area contributed by atoms with Crippen LogP contribution in [0.1, 0.15) is 66.8 Å². The van der Waals surface area contributed by atoms with Gasteiger partial charge in [0.25, 0.3) is 0 Å². The first kappa shape index (κ1) is 32.7. The highest BCUT2D eigenvalue weighted by Gasteiger charge is 2.77. The van der Waals surface area contributed by atoms with Gasteiger partial charge in [-0.05, 0) is 97.0 Å². The molecule has 3 aromatic rings. The molecule has 0 aromatic heterocycles. The topological polar surface area (TPSA) is 32.8 Å². The molecule has 2 saturated carbocycles. The van der Waals surface area contributed by atoms with Crippen molar-refractivity contribution in [1.82, 2.24) is 4.90 Å². The van der Waals surface area contributed by atoms with Gasteiger partial charge in [0.2, 0.25) is 5.91 Å². The zero-order valence-corrected chi connectivity index (χ0v) is 26.6. The Balaban J connectivity index is 1.08. The van der Waals surface area contributed by atoms with Gasteiger partial charge < -0.3 is 9.64 Å². The number of alkyl halides is 6. The Morgan fingerprint density at radius 1 is 0.878 bits per heavy atom. The van der Waals surface area contributed by atoms with Crippen LogP contribution in [-0.4, -0.2) is 36.0 Å². The third kappa shape index (κ3) is 4.79. The normalized spacial score (nSPS) is 32.2. The summed E-state index contributed by atoms with van der Waals surface area (Å²) in [6.07, 6.45) is -6.44. The maximum absolute atomic E-state index is 14.7. The third-order valence-electron chi connectivity index (χ3n) is 12.6. The average Bonchev–Trinajstić information content (AvgIpc) is 3.39. The van der Waals surface area contributed by atoms with E-state index >= 15 is 0 Å². The summed E-state index contributed by atoms with van der Waals surface area (Å²) in [5.74, 6) is -1.95. The number of hydrogen-bond donors (Lipinski definition) is 0. The van der Waals surface area contributed by atoms with Crippen LogP contribution in [-0.2, 0) is 40.5 Å². The van der Waals surface area contributed by atoms with E-state index in [1.165, 1.54) is 4.90 Å². The molecule has 0 N–H and O–H groups in total. The van der Waals surface area contributed by atoms with E-state index in [0.29, 0.717) is 49.5 Å². The van der Waals surface area contributed by atoms with Crippen molar-refractivity contribution in [3.05, 3.63) is 100 Å². The summed E-state index contributed by atoms with van der Waals surface area (Å²) in [5, 5.41) is 0. The van der Waals surface area contributed by atoms with Crippen molar-refractivity contribution >= 4 is 11.6 Å². The van der Waals surface area contributed by atoms with Gasteiger partial charge in [0.05, 0.1) is 35.8 Å². The second kappa shape index (κ2) is 10.7. The Labute approximate surface area is 278 Å². The fourth-order valence-electron chi connectivity index (χ4n) is 10.2. The van der Waals surface area contributed by atoms with Crippen LogP contribution < -0.4 is 4.90 Å². The summed E-state index contributed by atoms with van der Waals surface area (Å²) in [5.41, 5.74) is -2.70. The second-order valence-corrected chi connectivity index (χ2v) is 14.8. The fourth-order valence-corrected chi connectivity index (χ4v) is 10.2. The molecular formula is C37H34F8N2O2. The van der Waals surface area contributed by atoms with Crippen LogP contribution in [0.25, 0.3) is 0 Å². The van der Waals surface area contributed by atoms with E-state index in [2.05, 4.69) is 11.8 Å². The number of piperidine rings is 1. The highest BCUT2D eigenvalue weighted by Crippen LogP contribution is 2.78. The van der Waals surface area contributed by atoms with E-state index in [-0.39, 0.29) is 53.2 Å². The minimum Gasteiger partial charge on any atom is -0.373 e. The van der Waals surface area contributed by atoms with Gasteiger partial charge in [-0.1, -0.05) is 37.3 Å². The largest absolute Gasteiger partial charge is 0.416 e. The van der Waals surface area contributed by atoms with Crippen molar-refractivity contribution in [3.63, 3.8) is 0 Å². The molecule has 0 radical (unpaired) electrons. The predicted octanol–water partition coefficient (Wildman–Crippen LogP) is 8.66. The second-order valence-electron chi connectivity index (χ2n) is 14.8. The lowest BCUT2D eigenvalue weighted by molar-refractivity contribution is -0.140. The molecule has 0 bridgehead atoms. The number of carbonyl (C=O) groups is 1. The molecule has 6 atom stereocenters. The molecule has 2 aliphatic carbocycles. The summed E-state index contributed by atoms with van der Waals surface area (Å²) in [6, 6.07) is 12.1. The fraction of sp³-hybridized carbons (Fsp3) is 0.486. The molecular weight excluding hydrogens is 656 g/mol. The molecule has 2 spiro atoms. The van der Waals surface area contributed by atoms with E-state index in [9.17, 15) is 39.9 Å². The van der Waals surface area contributed by atoms with Crippen LogP contribution in [0.2, 0.25) is 0 Å². The van der Waals surface area contributed by atoms with Crippen molar-refractivity contribution in [1.29, 1.82) is 0 Å². The number of carbonyl (C=O) groups excluding carboxylic acids is 1. The van der Waals surface area contributed by atoms with Crippen molar-refractivity contribution in [2.75, 3.05) is 18.0 Å². The van der Waals surface area contributed by atoms with Crippen LogP contribution in [0.4, 0.5) is 40.8 Å².